The van der Waals surface area contributed by atoms with Gasteiger partial charge in [0.1, 0.15) is 5.60 Å². The number of nitrogens with one attached hydrogen (secondary N) is 2. The summed E-state index contributed by atoms with van der Waals surface area (Å²) < 4.78 is 5.47. The van der Waals surface area contributed by atoms with Crippen LogP contribution in [0.25, 0.3) is 0 Å². The minimum Gasteiger partial charge on any atom is -0.444 e. The number of carbonyl (C=O) groups is 1. The Kier molecular flexibility index (Phi) is 5.88. The van der Waals surface area contributed by atoms with E-state index >= 15 is 0 Å². The largest absolute Gasteiger partial charge is 0.444 e. The third kappa shape index (κ3) is 5.83. The zero-order chi connectivity index (χ0) is 15.3. The molecule has 5 nitrogen and oxygen atoms in total. The molecule has 0 saturated carbocycles. The molecule has 0 aromatic carbocycles. The van der Waals surface area contributed by atoms with Crippen molar-refractivity contribution < 1.29 is 9.53 Å². The molecule has 1 amide bonds. The van der Waals surface area contributed by atoms with Gasteiger partial charge >= 0.3 is 6.09 Å². The molecule has 0 aromatic rings. The van der Waals surface area contributed by atoms with E-state index in [-0.39, 0.29) is 6.09 Å². The van der Waals surface area contributed by atoms with Gasteiger partial charge in [0, 0.05) is 31.7 Å². The van der Waals surface area contributed by atoms with Crippen molar-refractivity contribution in [2.75, 3.05) is 26.2 Å². The molecule has 2 aliphatic heterocycles. The second kappa shape index (κ2) is 7.45. The van der Waals surface area contributed by atoms with E-state index in [2.05, 4.69) is 10.6 Å². The van der Waals surface area contributed by atoms with Crippen LogP contribution in [0.1, 0.15) is 52.9 Å². The summed E-state index contributed by atoms with van der Waals surface area (Å²) in [6, 6.07) is 1.12. The molecule has 0 aliphatic carbocycles. The molecule has 2 saturated heterocycles. The van der Waals surface area contributed by atoms with Gasteiger partial charge in [-0.3, -0.25) is 0 Å². The van der Waals surface area contributed by atoms with Crippen molar-refractivity contribution in [2.45, 2.75) is 70.6 Å². The topological polar surface area (TPSA) is 53.6 Å². The van der Waals surface area contributed by atoms with Crippen molar-refractivity contribution in [3.05, 3.63) is 0 Å². The standard InChI is InChI=1S/C16H31N3O2/c1-16(2,3)21-15(20)19-10-5-7-13(8-11-19)18-14-6-4-9-17-12-14/h13-14,17-18H,4-12H2,1-3H3. The summed E-state index contributed by atoms with van der Waals surface area (Å²) in [5.41, 5.74) is -0.408. The fourth-order valence-electron chi connectivity index (χ4n) is 3.10. The molecule has 0 aromatic heterocycles. The predicted molar refractivity (Wildman–Crippen MR) is 84.5 cm³/mol. The van der Waals surface area contributed by atoms with E-state index in [1.54, 1.807) is 0 Å². The number of piperidine rings is 1. The molecule has 2 aliphatic rings. The zero-order valence-corrected chi connectivity index (χ0v) is 13.8. The summed E-state index contributed by atoms with van der Waals surface area (Å²) in [6.07, 6.45) is 5.58. The first kappa shape index (κ1) is 16.6. The average molecular weight is 297 g/mol. The lowest BCUT2D eigenvalue weighted by molar-refractivity contribution is 0.0256. The lowest BCUT2D eigenvalue weighted by Gasteiger charge is -2.29. The second-order valence-electron chi connectivity index (χ2n) is 7.31. The Bertz CT molecular complexity index is 335. The van der Waals surface area contributed by atoms with E-state index in [0.29, 0.717) is 12.1 Å². The highest BCUT2D eigenvalue weighted by Gasteiger charge is 2.26. The first-order valence-electron chi connectivity index (χ1n) is 8.39. The van der Waals surface area contributed by atoms with Crippen LogP contribution >= 0.6 is 0 Å². The van der Waals surface area contributed by atoms with E-state index < -0.39 is 5.60 Å². The number of rotatable bonds is 2. The molecule has 5 heteroatoms. The van der Waals surface area contributed by atoms with Crippen LogP contribution in [0.15, 0.2) is 0 Å². The fraction of sp³-hybridized carbons (Fsp3) is 0.938. The molecular formula is C16H31N3O2. The maximum atomic E-state index is 12.1. The average Bonchev–Trinajstić information content (AvgIpc) is 2.64. The van der Waals surface area contributed by atoms with Crippen LogP contribution in [-0.4, -0.2) is 54.9 Å². The Hall–Kier alpha value is -0.810. The van der Waals surface area contributed by atoms with Crippen molar-refractivity contribution in [1.29, 1.82) is 0 Å². The Morgan fingerprint density at radius 2 is 1.90 bits per heavy atom. The van der Waals surface area contributed by atoms with E-state index in [1.165, 1.54) is 12.8 Å². The van der Waals surface area contributed by atoms with Gasteiger partial charge in [-0.1, -0.05) is 0 Å². The molecule has 0 spiro atoms. The van der Waals surface area contributed by atoms with Gasteiger partial charge in [0.25, 0.3) is 0 Å². The maximum Gasteiger partial charge on any atom is 0.410 e. The fourth-order valence-corrected chi connectivity index (χ4v) is 3.10. The monoisotopic (exact) mass is 297 g/mol. The van der Waals surface area contributed by atoms with Crippen LogP contribution < -0.4 is 10.6 Å². The number of nitrogens with zero attached hydrogens (tertiary/aromatic N) is 1. The van der Waals surface area contributed by atoms with E-state index in [4.69, 9.17) is 4.74 Å². The van der Waals surface area contributed by atoms with Crippen molar-refractivity contribution in [1.82, 2.24) is 15.5 Å². The molecule has 2 fully saturated rings. The molecule has 2 atom stereocenters. The summed E-state index contributed by atoms with van der Waals surface area (Å²) in [6.45, 7) is 9.60. The van der Waals surface area contributed by atoms with Crippen LogP contribution in [0.5, 0.6) is 0 Å². The number of ether oxygens (including phenoxy) is 1. The van der Waals surface area contributed by atoms with Gasteiger partial charge in [-0.25, -0.2) is 4.79 Å². The molecule has 2 heterocycles. The SMILES string of the molecule is CC(C)(C)OC(=O)N1CCCC(NC2CCCNC2)CC1. The van der Waals surface area contributed by atoms with Gasteiger partial charge in [-0.15, -0.1) is 0 Å². The van der Waals surface area contributed by atoms with Gasteiger partial charge in [0.05, 0.1) is 0 Å². The second-order valence-corrected chi connectivity index (χ2v) is 7.31. The summed E-state index contributed by atoms with van der Waals surface area (Å²) in [5.74, 6) is 0. The zero-order valence-electron chi connectivity index (χ0n) is 13.8. The Morgan fingerprint density at radius 1 is 1.14 bits per heavy atom. The third-order valence-electron chi connectivity index (χ3n) is 4.15. The van der Waals surface area contributed by atoms with Gasteiger partial charge < -0.3 is 20.3 Å². The van der Waals surface area contributed by atoms with Gasteiger partial charge in [0.15, 0.2) is 0 Å². The Labute approximate surface area is 128 Å². The van der Waals surface area contributed by atoms with Gasteiger partial charge in [0.2, 0.25) is 0 Å². The maximum absolute atomic E-state index is 12.1. The Morgan fingerprint density at radius 3 is 2.57 bits per heavy atom. The highest BCUT2D eigenvalue weighted by Crippen LogP contribution is 2.16. The number of likely N-dealkylation sites (tertiary alicyclic amines) is 1. The molecule has 122 valence electrons. The molecule has 0 radical (unpaired) electrons. The number of carbonyl (C=O) groups excluding carboxylic acids is 1. The number of hydrogen-bond donors (Lipinski definition) is 2. The molecule has 2 rings (SSSR count). The molecule has 2 unspecified atom stereocenters. The van der Waals surface area contributed by atoms with Crippen LogP contribution in [-0.2, 0) is 4.74 Å². The van der Waals surface area contributed by atoms with Crippen LogP contribution in [0.3, 0.4) is 0 Å². The highest BCUT2D eigenvalue weighted by molar-refractivity contribution is 5.68. The summed E-state index contributed by atoms with van der Waals surface area (Å²) in [4.78, 5) is 14.0. The minimum atomic E-state index is -0.408. The summed E-state index contributed by atoms with van der Waals surface area (Å²) >= 11 is 0. The van der Waals surface area contributed by atoms with Crippen LogP contribution in [0, 0.1) is 0 Å². The van der Waals surface area contributed by atoms with Crippen LogP contribution in [0.2, 0.25) is 0 Å². The van der Waals surface area contributed by atoms with E-state index in [9.17, 15) is 4.79 Å². The van der Waals surface area contributed by atoms with E-state index in [0.717, 1.165) is 45.4 Å². The first-order chi connectivity index (χ1) is 9.94. The van der Waals surface area contributed by atoms with Crippen molar-refractivity contribution in [2.24, 2.45) is 0 Å². The van der Waals surface area contributed by atoms with E-state index in [1.807, 2.05) is 25.7 Å². The summed E-state index contributed by atoms with van der Waals surface area (Å²) in [7, 11) is 0. The minimum absolute atomic E-state index is 0.164. The quantitative estimate of drug-likeness (QED) is 0.820. The van der Waals surface area contributed by atoms with Gasteiger partial charge in [-0.2, -0.15) is 0 Å². The highest BCUT2D eigenvalue weighted by atomic mass is 16.6. The molecular weight excluding hydrogens is 266 g/mol. The number of amides is 1. The van der Waals surface area contributed by atoms with Crippen LogP contribution in [0.4, 0.5) is 4.79 Å². The van der Waals surface area contributed by atoms with Gasteiger partial charge in [-0.05, 0) is 59.4 Å². The Balaban J connectivity index is 1.77. The molecule has 2 N–H and O–H groups in total. The van der Waals surface area contributed by atoms with Crippen molar-refractivity contribution in [3.63, 3.8) is 0 Å². The lowest BCUT2D eigenvalue weighted by Crippen LogP contribution is -2.47. The predicted octanol–water partition coefficient (Wildman–Crippen LogP) is 2.12. The van der Waals surface area contributed by atoms with Crippen molar-refractivity contribution in [3.8, 4) is 0 Å². The lowest BCUT2D eigenvalue weighted by atomic mass is 10.0. The molecule has 0 bridgehead atoms. The normalized spacial score (nSPS) is 28.0. The first-order valence-corrected chi connectivity index (χ1v) is 8.39. The number of hydrogen-bond acceptors (Lipinski definition) is 4. The third-order valence-corrected chi connectivity index (χ3v) is 4.15. The smallest absolute Gasteiger partial charge is 0.410 e. The summed E-state index contributed by atoms with van der Waals surface area (Å²) in [5, 5.41) is 7.21. The molecule has 21 heavy (non-hydrogen) atoms. The van der Waals surface area contributed by atoms with Crippen molar-refractivity contribution >= 4 is 6.09 Å².